The quantitative estimate of drug-likeness (QED) is 0.439. The van der Waals surface area contributed by atoms with Gasteiger partial charge in [-0.2, -0.15) is 0 Å². The molecule has 0 aromatic heterocycles. The van der Waals surface area contributed by atoms with E-state index in [2.05, 4.69) is 38.1 Å². The standard InChI is InChI=1S/C13H18SSe/c1-3-4-5-6-13(14)15-12-9-7-11(2)8-10-12/h7-10H,3-6H2,1-2H3. The Morgan fingerprint density at radius 3 is 2.47 bits per heavy atom. The van der Waals surface area contributed by atoms with E-state index >= 15 is 0 Å². The summed E-state index contributed by atoms with van der Waals surface area (Å²) in [4.78, 5) is 0. The molecule has 0 aliphatic rings. The Balaban J connectivity index is 2.34. The van der Waals surface area contributed by atoms with Gasteiger partial charge in [0.05, 0.1) is 0 Å². The van der Waals surface area contributed by atoms with Crippen LogP contribution in [-0.4, -0.2) is 18.7 Å². The average molecular weight is 285 g/mol. The summed E-state index contributed by atoms with van der Waals surface area (Å²) in [6.07, 6.45) is 4.99. The van der Waals surface area contributed by atoms with E-state index < -0.39 is 0 Å². The van der Waals surface area contributed by atoms with Crippen molar-refractivity contribution in [2.45, 2.75) is 39.5 Å². The van der Waals surface area contributed by atoms with E-state index in [1.54, 1.807) is 0 Å². The first-order chi connectivity index (χ1) is 7.22. The van der Waals surface area contributed by atoms with Gasteiger partial charge in [-0.1, -0.05) is 0 Å². The van der Waals surface area contributed by atoms with Crippen LogP contribution in [0, 0.1) is 6.92 Å². The Kier molecular flexibility index (Phi) is 6.16. The van der Waals surface area contributed by atoms with Crippen molar-refractivity contribution in [3.8, 4) is 0 Å². The van der Waals surface area contributed by atoms with Crippen LogP contribution in [-0.2, 0) is 0 Å². The van der Waals surface area contributed by atoms with E-state index in [0.29, 0.717) is 15.0 Å². The van der Waals surface area contributed by atoms with Crippen LogP contribution in [0.5, 0.6) is 0 Å². The predicted octanol–water partition coefficient (Wildman–Crippen LogP) is 3.23. The van der Waals surface area contributed by atoms with Crippen molar-refractivity contribution in [1.29, 1.82) is 0 Å². The van der Waals surface area contributed by atoms with Gasteiger partial charge < -0.3 is 0 Å². The van der Waals surface area contributed by atoms with Crippen LogP contribution in [0.25, 0.3) is 0 Å². The minimum absolute atomic E-state index is 0.400. The molecule has 0 saturated heterocycles. The number of rotatable bonds is 6. The second-order valence-corrected chi connectivity index (χ2v) is 7.27. The van der Waals surface area contributed by atoms with Gasteiger partial charge in [-0.3, -0.25) is 0 Å². The Morgan fingerprint density at radius 2 is 1.87 bits per heavy atom. The molecule has 0 saturated carbocycles. The molecule has 0 N–H and O–H groups in total. The van der Waals surface area contributed by atoms with Crippen molar-refractivity contribution in [1.82, 2.24) is 0 Å². The zero-order valence-corrected chi connectivity index (χ0v) is 12.0. The van der Waals surface area contributed by atoms with Crippen molar-refractivity contribution < 1.29 is 0 Å². The van der Waals surface area contributed by atoms with Gasteiger partial charge in [-0.25, -0.2) is 0 Å². The van der Waals surface area contributed by atoms with Crippen molar-refractivity contribution in [3.05, 3.63) is 29.8 Å². The van der Waals surface area contributed by atoms with Crippen molar-refractivity contribution in [2.75, 3.05) is 0 Å². The summed E-state index contributed by atoms with van der Waals surface area (Å²) >= 11 is 5.81. The third-order valence-electron chi connectivity index (χ3n) is 2.24. The van der Waals surface area contributed by atoms with Crippen molar-refractivity contribution >= 4 is 35.4 Å². The molecule has 15 heavy (non-hydrogen) atoms. The molecule has 82 valence electrons. The van der Waals surface area contributed by atoms with Crippen LogP contribution in [0.4, 0.5) is 0 Å². The Labute approximate surface area is 105 Å². The molecule has 0 amide bonds. The number of aryl methyl sites for hydroxylation is 1. The molecule has 0 spiro atoms. The summed E-state index contributed by atoms with van der Waals surface area (Å²) in [5, 5.41) is 0. The molecule has 0 heterocycles. The van der Waals surface area contributed by atoms with Crippen LogP contribution in [0.3, 0.4) is 0 Å². The molecule has 0 unspecified atom stereocenters. The van der Waals surface area contributed by atoms with Gasteiger partial charge in [0.25, 0.3) is 0 Å². The maximum absolute atomic E-state index is 5.41. The van der Waals surface area contributed by atoms with Crippen molar-refractivity contribution in [3.63, 3.8) is 0 Å². The van der Waals surface area contributed by atoms with E-state index in [1.807, 2.05) is 0 Å². The topological polar surface area (TPSA) is 0 Å². The molecule has 2 heteroatoms. The van der Waals surface area contributed by atoms with Crippen LogP contribution in [0.15, 0.2) is 24.3 Å². The Morgan fingerprint density at radius 1 is 1.20 bits per heavy atom. The molecule has 0 aliphatic heterocycles. The van der Waals surface area contributed by atoms with Gasteiger partial charge in [0.1, 0.15) is 0 Å². The fourth-order valence-corrected chi connectivity index (χ4v) is 3.59. The van der Waals surface area contributed by atoms with E-state index in [4.69, 9.17) is 12.2 Å². The molecule has 0 nitrogen and oxygen atoms in total. The van der Waals surface area contributed by atoms with E-state index in [9.17, 15) is 0 Å². The fourth-order valence-electron chi connectivity index (χ4n) is 1.31. The van der Waals surface area contributed by atoms with Crippen LogP contribution >= 0.6 is 12.2 Å². The molecule has 1 aromatic rings. The van der Waals surface area contributed by atoms with Gasteiger partial charge in [-0.15, -0.1) is 0 Å². The first-order valence-corrected chi connectivity index (χ1v) is 7.62. The second-order valence-electron chi connectivity index (χ2n) is 3.74. The van der Waals surface area contributed by atoms with Gasteiger partial charge in [0.2, 0.25) is 0 Å². The molecular formula is C13H18SSe. The number of hydrogen-bond acceptors (Lipinski definition) is 1. The molecule has 1 aromatic carbocycles. The summed E-state index contributed by atoms with van der Waals surface area (Å²) in [6, 6.07) is 8.76. The third-order valence-corrected chi connectivity index (χ3v) is 4.85. The first-order valence-electron chi connectivity index (χ1n) is 5.49. The average Bonchev–Trinajstić information content (AvgIpc) is 2.22. The van der Waals surface area contributed by atoms with Gasteiger partial charge in [0.15, 0.2) is 0 Å². The zero-order valence-electron chi connectivity index (χ0n) is 9.45. The summed E-state index contributed by atoms with van der Waals surface area (Å²) in [7, 11) is 0. The fraction of sp³-hybridized carbons (Fsp3) is 0.462. The summed E-state index contributed by atoms with van der Waals surface area (Å²) in [5.74, 6) is 0. The normalized spacial score (nSPS) is 10.3. The Hall–Kier alpha value is -0.171. The van der Waals surface area contributed by atoms with Crippen LogP contribution < -0.4 is 4.46 Å². The number of unbranched alkanes of at least 4 members (excludes halogenated alkanes) is 2. The molecule has 0 aliphatic carbocycles. The SMILES string of the molecule is CCCCCC(=S)[Se]c1ccc(C)cc1. The summed E-state index contributed by atoms with van der Waals surface area (Å²) in [6.45, 7) is 4.35. The number of thiocarbonyl (C=S) groups is 1. The summed E-state index contributed by atoms with van der Waals surface area (Å²) < 4.78 is 2.68. The maximum atomic E-state index is 5.41. The molecule has 0 radical (unpaired) electrons. The number of benzene rings is 1. The first kappa shape index (κ1) is 12.9. The molecule has 1 rings (SSSR count). The number of hydrogen-bond donors (Lipinski definition) is 0. The predicted molar refractivity (Wildman–Crippen MR) is 73.3 cm³/mol. The van der Waals surface area contributed by atoms with E-state index in [0.717, 1.165) is 6.42 Å². The van der Waals surface area contributed by atoms with Crippen molar-refractivity contribution in [2.24, 2.45) is 0 Å². The van der Waals surface area contributed by atoms with Gasteiger partial charge in [0, 0.05) is 0 Å². The Bertz CT molecular complexity index is 303. The van der Waals surface area contributed by atoms with E-state index in [1.165, 1.54) is 33.1 Å². The van der Waals surface area contributed by atoms with E-state index in [-0.39, 0.29) is 0 Å². The van der Waals surface area contributed by atoms with Gasteiger partial charge in [-0.05, 0) is 0 Å². The minimum atomic E-state index is 0.400. The molecular weight excluding hydrogens is 267 g/mol. The molecule has 0 fully saturated rings. The zero-order chi connectivity index (χ0) is 11.1. The summed E-state index contributed by atoms with van der Waals surface area (Å²) in [5.41, 5.74) is 1.33. The molecule has 0 bridgehead atoms. The van der Waals surface area contributed by atoms with Crippen LogP contribution in [0.2, 0.25) is 0 Å². The second kappa shape index (κ2) is 7.16. The van der Waals surface area contributed by atoms with Crippen LogP contribution in [0.1, 0.15) is 38.2 Å². The van der Waals surface area contributed by atoms with Gasteiger partial charge >= 0.3 is 105 Å². The molecule has 0 atom stereocenters. The third kappa shape index (κ3) is 5.46. The monoisotopic (exact) mass is 286 g/mol.